The highest BCUT2D eigenvalue weighted by atomic mass is 16.5. The number of hydrogen-bond donors (Lipinski definition) is 2. The number of likely N-dealkylation sites (tertiary alicyclic amines) is 1. The fraction of sp³-hybridized carbons (Fsp3) is 0.632. The summed E-state index contributed by atoms with van der Waals surface area (Å²) in [4.78, 5) is 29.9. The third-order valence-corrected chi connectivity index (χ3v) is 5.62. The fourth-order valence-electron chi connectivity index (χ4n) is 3.89. The average Bonchev–Trinajstić information content (AvgIpc) is 3.33. The first kappa shape index (κ1) is 17.3. The molecule has 3 aliphatic rings. The van der Waals surface area contributed by atoms with E-state index in [1.54, 1.807) is 6.20 Å². The second kappa shape index (κ2) is 7.23. The highest BCUT2D eigenvalue weighted by Crippen LogP contribution is 2.32. The summed E-state index contributed by atoms with van der Waals surface area (Å²) in [7, 11) is 0. The van der Waals surface area contributed by atoms with Gasteiger partial charge in [-0.2, -0.15) is 0 Å². The lowest BCUT2D eigenvalue weighted by Crippen LogP contribution is -2.41. The third-order valence-electron chi connectivity index (χ3n) is 5.62. The molecule has 26 heavy (non-hydrogen) atoms. The standard InChI is InChI=1S/C19H25N3O4/c23-18(13-1-6-17(20-11-13)21-14-2-3-14)22-9-7-12(8-10-22)15-4-5-16(26-15)19(24)25/h1,6,11-12,14-16H,2-5,7-10H2,(H,20,21)(H,24,25)/t15-,16+/m0/s1. The quantitative estimate of drug-likeness (QED) is 0.837. The number of nitrogens with zero attached hydrogens (tertiary/aromatic N) is 2. The second-order valence-electron chi connectivity index (χ2n) is 7.56. The van der Waals surface area contributed by atoms with Gasteiger partial charge >= 0.3 is 5.97 Å². The molecule has 140 valence electrons. The molecule has 7 nitrogen and oxygen atoms in total. The summed E-state index contributed by atoms with van der Waals surface area (Å²) < 4.78 is 5.67. The van der Waals surface area contributed by atoms with Crippen LogP contribution in [0.25, 0.3) is 0 Å². The van der Waals surface area contributed by atoms with Gasteiger partial charge in [0.15, 0.2) is 6.10 Å². The van der Waals surface area contributed by atoms with Crippen molar-refractivity contribution in [2.75, 3.05) is 18.4 Å². The van der Waals surface area contributed by atoms with Gasteiger partial charge in [-0.15, -0.1) is 0 Å². The zero-order chi connectivity index (χ0) is 18.1. The molecule has 1 aliphatic carbocycles. The van der Waals surface area contributed by atoms with Crippen molar-refractivity contribution in [2.45, 2.75) is 56.8 Å². The smallest absolute Gasteiger partial charge is 0.332 e. The minimum atomic E-state index is -0.868. The number of hydrogen-bond acceptors (Lipinski definition) is 5. The first-order valence-electron chi connectivity index (χ1n) is 9.50. The Morgan fingerprint density at radius 1 is 1.12 bits per heavy atom. The molecule has 1 amide bonds. The van der Waals surface area contributed by atoms with Crippen molar-refractivity contribution >= 4 is 17.7 Å². The maximum Gasteiger partial charge on any atom is 0.332 e. The maximum absolute atomic E-state index is 12.7. The van der Waals surface area contributed by atoms with Crippen LogP contribution in [0.4, 0.5) is 5.82 Å². The van der Waals surface area contributed by atoms with E-state index in [0.717, 1.165) is 25.1 Å². The number of aliphatic carboxylic acids is 1. The van der Waals surface area contributed by atoms with Gasteiger partial charge < -0.3 is 20.1 Å². The van der Waals surface area contributed by atoms with Gasteiger partial charge in [-0.1, -0.05) is 0 Å². The Kier molecular flexibility index (Phi) is 4.80. The number of carbonyl (C=O) groups excluding carboxylic acids is 1. The van der Waals surface area contributed by atoms with E-state index in [4.69, 9.17) is 9.84 Å². The number of carboxylic acid groups (broad SMARTS) is 1. The minimum Gasteiger partial charge on any atom is -0.479 e. The fourth-order valence-corrected chi connectivity index (χ4v) is 3.89. The summed E-state index contributed by atoms with van der Waals surface area (Å²) in [5.41, 5.74) is 0.618. The molecule has 4 rings (SSSR count). The van der Waals surface area contributed by atoms with E-state index in [1.165, 1.54) is 12.8 Å². The molecule has 2 aliphatic heterocycles. The van der Waals surface area contributed by atoms with Crippen LogP contribution in [-0.2, 0) is 9.53 Å². The van der Waals surface area contributed by atoms with Crippen LogP contribution in [0.2, 0.25) is 0 Å². The molecule has 0 bridgehead atoms. The first-order valence-corrected chi connectivity index (χ1v) is 9.50. The summed E-state index contributed by atoms with van der Waals surface area (Å²) >= 11 is 0. The largest absolute Gasteiger partial charge is 0.479 e. The number of ether oxygens (including phenoxy) is 1. The molecule has 2 atom stereocenters. The molecule has 2 saturated heterocycles. The number of anilines is 1. The summed E-state index contributed by atoms with van der Waals surface area (Å²) in [6.07, 6.45) is 6.49. The van der Waals surface area contributed by atoms with Crippen molar-refractivity contribution in [1.29, 1.82) is 0 Å². The average molecular weight is 359 g/mol. The van der Waals surface area contributed by atoms with Crippen molar-refractivity contribution in [3.63, 3.8) is 0 Å². The summed E-state index contributed by atoms with van der Waals surface area (Å²) in [6, 6.07) is 4.25. The van der Waals surface area contributed by atoms with Gasteiger partial charge in [0.2, 0.25) is 0 Å². The summed E-state index contributed by atoms with van der Waals surface area (Å²) in [5.74, 6) is 0.317. The van der Waals surface area contributed by atoms with Gasteiger partial charge in [0.25, 0.3) is 5.91 Å². The van der Waals surface area contributed by atoms with Gasteiger partial charge in [0, 0.05) is 25.3 Å². The van der Waals surface area contributed by atoms with E-state index in [-0.39, 0.29) is 12.0 Å². The van der Waals surface area contributed by atoms with Crippen LogP contribution < -0.4 is 5.32 Å². The molecule has 7 heteroatoms. The molecule has 3 heterocycles. The highest BCUT2D eigenvalue weighted by molar-refractivity contribution is 5.94. The lowest BCUT2D eigenvalue weighted by Gasteiger charge is -2.34. The highest BCUT2D eigenvalue weighted by Gasteiger charge is 2.37. The molecule has 0 spiro atoms. The van der Waals surface area contributed by atoms with E-state index >= 15 is 0 Å². The summed E-state index contributed by atoms with van der Waals surface area (Å²) in [6.45, 7) is 1.37. The van der Waals surface area contributed by atoms with Crippen molar-refractivity contribution in [3.8, 4) is 0 Å². The third kappa shape index (κ3) is 3.82. The number of amides is 1. The zero-order valence-electron chi connectivity index (χ0n) is 14.8. The molecule has 3 fully saturated rings. The number of carbonyl (C=O) groups is 2. The molecule has 1 saturated carbocycles. The minimum absolute atomic E-state index is 0.0165. The number of rotatable bonds is 5. The maximum atomic E-state index is 12.7. The number of piperidine rings is 1. The van der Waals surface area contributed by atoms with E-state index < -0.39 is 12.1 Å². The normalized spacial score (nSPS) is 26.7. The number of pyridine rings is 1. The van der Waals surface area contributed by atoms with E-state index in [9.17, 15) is 9.59 Å². The molecule has 2 N–H and O–H groups in total. The van der Waals surface area contributed by atoms with Crippen LogP contribution in [-0.4, -0.2) is 58.2 Å². The Bertz CT molecular complexity index is 666. The zero-order valence-corrected chi connectivity index (χ0v) is 14.8. The molecule has 0 unspecified atom stereocenters. The van der Waals surface area contributed by atoms with Gasteiger partial charge in [-0.05, 0) is 56.6 Å². The van der Waals surface area contributed by atoms with E-state index in [1.807, 2.05) is 17.0 Å². The molecular formula is C19H25N3O4. The monoisotopic (exact) mass is 359 g/mol. The van der Waals surface area contributed by atoms with Gasteiger partial charge in [-0.25, -0.2) is 9.78 Å². The molecule has 0 radical (unpaired) electrons. The van der Waals surface area contributed by atoms with Crippen LogP contribution >= 0.6 is 0 Å². The SMILES string of the molecule is O=C(O)[C@H]1CC[C@@H](C2CCN(C(=O)c3ccc(NC4CC4)nc3)CC2)O1. The van der Waals surface area contributed by atoms with Crippen molar-refractivity contribution in [3.05, 3.63) is 23.9 Å². The van der Waals surface area contributed by atoms with E-state index in [2.05, 4.69) is 10.3 Å². The van der Waals surface area contributed by atoms with Gasteiger partial charge in [-0.3, -0.25) is 4.79 Å². The van der Waals surface area contributed by atoms with Crippen molar-refractivity contribution < 1.29 is 19.4 Å². The Labute approximate surface area is 152 Å². The molecule has 1 aromatic heterocycles. The predicted molar refractivity (Wildman–Crippen MR) is 95.0 cm³/mol. The van der Waals surface area contributed by atoms with Crippen LogP contribution in [0.3, 0.4) is 0 Å². The van der Waals surface area contributed by atoms with Crippen LogP contribution in [0, 0.1) is 5.92 Å². The Morgan fingerprint density at radius 3 is 2.46 bits per heavy atom. The van der Waals surface area contributed by atoms with Crippen LogP contribution in [0.1, 0.15) is 48.9 Å². The lowest BCUT2D eigenvalue weighted by molar-refractivity contribution is -0.150. The number of aromatic nitrogens is 1. The molecule has 1 aromatic rings. The van der Waals surface area contributed by atoms with Gasteiger partial charge in [0.1, 0.15) is 5.82 Å². The van der Waals surface area contributed by atoms with Crippen LogP contribution in [0.5, 0.6) is 0 Å². The lowest BCUT2D eigenvalue weighted by atomic mass is 9.89. The van der Waals surface area contributed by atoms with Gasteiger partial charge in [0.05, 0.1) is 11.7 Å². The Balaban J connectivity index is 1.28. The topological polar surface area (TPSA) is 91.8 Å². The number of nitrogens with one attached hydrogen (secondary N) is 1. The predicted octanol–water partition coefficient (Wildman–Crippen LogP) is 2.14. The summed E-state index contributed by atoms with van der Waals surface area (Å²) in [5, 5.41) is 12.4. The van der Waals surface area contributed by atoms with Crippen molar-refractivity contribution in [2.24, 2.45) is 5.92 Å². The first-order chi connectivity index (χ1) is 12.6. The molecule has 0 aromatic carbocycles. The van der Waals surface area contributed by atoms with Crippen molar-refractivity contribution in [1.82, 2.24) is 9.88 Å². The Hall–Kier alpha value is -2.15. The second-order valence-corrected chi connectivity index (χ2v) is 7.56. The number of carboxylic acids is 1. The Morgan fingerprint density at radius 2 is 1.88 bits per heavy atom. The molecular weight excluding hydrogens is 334 g/mol. The van der Waals surface area contributed by atoms with Crippen LogP contribution in [0.15, 0.2) is 18.3 Å². The van der Waals surface area contributed by atoms with E-state index in [0.29, 0.717) is 37.0 Å².